The van der Waals surface area contributed by atoms with E-state index in [1.54, 1.807) is 7.11 Å². The van der Waals surface area contributed by atoms with Gasteiger partial charge in [0, 0.05) is 56.7 Å². The average molecular weight is 388 g/mol. The highest BCUT2D eigenvalue weighted by atomic mass is 19.1. The zero-order valence-corrected chi connectivity index (χ0v) is 16.9. The van der Waals surface area contributed by atoms with Crippen molar-refractivity contribution in [2.45, 2.75) is 45.3 Å². The number of carbonyl (C=O) groups is 1. The molecule has 1 saturated heterocycles. The Morgan fingerprint density at radius 3 is 2.75 bits per heavy atom. The molecule has 28 heavy (non-hydrogen) atoms. The number of benzene rings is 1. The number of carbonyl (C=O) groups excluding carboxylic acids is 1. The summed E-state index contributed by atoms with van der Waals surface area (Å²) in [5.74, 6) is -0.520. The summed E-state index contributed by atoms with van der Waals surface area (Å²) in [6.45, 7) is 8.07. The molecule has 0 aliphatic carbocycles. The minimum atomic E-state index is -0.351. The first-order valence-electron chi connectivity index (χ1n) is 9.77. The van der Waals surface area contributed by atoms with Crippen LogP contribution in [0.4, 0.5) is 4.39 Å². The second-order valence-electron chi connectivity index (χ2n) is 7.52. The largest absolute Gasteiger partial charge is 0.385 e. The molecule has 2 aromatic rings. The lowest BCUT2D eigenvalue weighted by molar-refractivity contribution is 0.0864. The van der Waals surface area contributed by atoms with Crippen molar-refractivity contribution in [3.05, 3.63) is 53.1 Å². The van der Waals surface area contributed by atoms with E-state index < -0.39 is 0 Å². The van der Waals surface area contributed by atoms with Crippen molar-refractivity contribution in [1.82, 2.24) is 20.0 Å². The molecule has 1 aromatic heterocycles. The Bertz CT molecular complexity index is 805. The lowest BCUT2D eigenvalue weighted by atomic mass is 9.94. The van der Waals surface area contributed by atoms with Crippen molar-refractivity contribution in [2.24, 2.45) is 0 Å². The van der Waals surface area contributed by atoms with Gasteiger partial charge in [-0.05, 0) is 51.0 Å². The van der Waals surface area contributed by atoms with E-state index >= 15 is 0 Å². The topological polar surface area (TPSA) is 59.4 Å². The van der Waals surface area contributed by atoms with E-state index in [1.807, 2.05) is 10.9 Å². The summed E-state index contributed by atoms with van der Waals surface area (Å²) in [7, 11) is 1.67. The van der Waals surface area contributed by atoms with Gasteiger partial charge in [0.25, 0.3) is 5.91 Å². The molecule has 0 bridgehead atoms. The molecule has 1 fully saturated rings. The van der Waals surface area contributed by atoms with Gasteiger partial charge in [0.15, 0.2) is 0 Å². The van der Waals surface area contributed by atoms with Crippen molar-refractivity contribution >= 4 is 5.91 Å². The Hall–Kier alpha value is -2.25. The van der Waals surface area contributed by atoms with Gasteiger partial charge in [-0.25, -0.2) is 4.39 Å². The number of rotatable bonds is 8. The number of nitrogens with zero attached hydrogens (tertiary/aromatic N) is 3. The van der Waals surface area contributed by atoms with E-state index in [-0.39, 0.29) is 17.3 Å². The predicted octanol–water partition coefficient (Wildman–Crippen LogP) is 2.76. The van der Waals surface area contributed by atoms with Crippen LogP contribution in [-0.2, 0) is 17.8 Å². The van der Waals surface area contributed by atoms with Crippen LogP contribution in [0.15, 0.2) is 30.5 Å². The van der Waals surface area contributed by atoms with Crippen molar-refractivity contribution in [2.75, 3.05) is 26.8 Å². The normalized spacial score (nSPS) is 19.9. The van der Waals surface area contributed by atoms with Gasteiger partial charge in [-0.15, -0.1) is 0 Å². The first-order chi connectivity index (χ1) is 13.5. The Labute approximate surface area is 165 Å². The maximum Gasteiger partial charge on any atom is 0.251 e. The highest BCUT2D eigenvalue weighted by Crippen LogP contribution is 2.27. The highest BCUT2D eigenvalue weighted by molar-refractivity contribution is 5.94. The molecule has 0 saturated carbocycles. The third-order valence-electron chi connectivity index (χ3n) is 5.60. The number of halogens is 1. The molecular formula is C21H29FN4O2. The van der Waals surface area contributed by atoms with Crippen LogP contribution >= 0.6 is 0 Å². The standard InChI is InChI=1S/C21H29FN4O2/c1-4-26-16(2)18(13-23-26)14-25-11-9-21(15-25,10-12-28-3)24-20(27)17-5-7-19(22)8-6-17/h5-8,13H,4,9-12,14-15H2,1-3H3,(H,24,27). The Morgan fingerprint density at radius 2 is 2.11 bits per heavy atom. The first-order valence-corrected chi connectivity index (χ1v) is 9.77. The maximum atomic E-state index is 13.2. The van der Waals surface area contributed by atoms with Gasteiger partial charge in [0.2, 0.25) is 0 Å². The maximum absolute atomic E-state index is 13.2. The predicted molar refractivity (Wildman–Crippen MR) is 106 cm³/mol. The molecule has 2 heterocycles. The van der Waals surface area contributed by atoms with Crippen molar-refractivity contribution in [1.29, 1.82) is 0 Å². The number of ether oxygens (including phenoxy) is 1. The van der Waals surface area contributed by atoms with Gasteiger partial charge in [-0.3, -0.25) is 14.4 Å². The molecule has 7 heteroatoms. The third-order valence-corrected chi connectivity index (χ3v) is 5.60. The van der Waals surface area contributed by atoms with Gasteiger partial charge in [-0.1, -0.05) is 0 Å². The second kappa shape index (κ2) is 8.84. The van der Waals surface area contributed by atoms with E-state index in [4.69, 9.17) is 4.74 Å². The summed E-state index contributed by atoms with van der Waals surface area (Å²) in [5, 5.41) is 7.63. The summed E-state index contributed by atoms with van der Waals surface area (Å²) in [6.07, 6.45) is 3.52. The minimum Gasteiger partial charge on any atom is -0.385 e. The number of hydrogen-bond acceptors (Lipinski definition) is 4. The van der Waals surface area contributed by atoms with Crippen LogP contribution in [0, 0.1) is 12.7 Å². The minimum absolute atomic E-state index is 0.173. The summed E-state index contributed by atoms with van der Waals surface area (Å²) in [5.41, 5.74) is 2.52. The van der Waals surface area contributed by atoms with Gasteiger partial charge in [0.05, 0.1) is 11.7 Å². The Morgan fingerprint density at radius 1 is 1.36 bits per heavy atom. The monoisotopic (exact) mass is 388 g/mol. The molecule has 1 unspecified atom stereocenters. The van der Waals surface area contributed by atoms with Crippen LogP contribution in [0.1, 0.15) is 41.4 Å². The number of aryl methyl sites for hydroxylation is 1. The summed E-state index contributed by atoms with van der Waals surface area (Å²) in [4.78, 5) is 15.1. The van der Waals surface area contributed by atoms with E-state index in [9.17, 15) is 9.18 Å². The van der Waals surface area contributed by atoms with Crippen LogP contribution in [0.5, 0.6) is 0 Å². The molecule has 1 N–H and O–H groups in total. The number of likely N-dealkylation sites (tertiary alicyclic amines) is 1. The summed E-state index contributed by atoms with van der Waals surface area (Å²) >= 11 is 0. The fourth-order valence-electron chi connectivity index (χ4n) is 3.87. The lowest BCUT2D eigenvalue weighted by Gasteiger charge is -2.31. The van der Waals surface area contributed by atoms with Crippen molar-refractivity contribution < 1.29 is 13.9 Å². The molecule has 1 aliphatic heterocycles. The van der Waals surface area contributed by atoms with E-state index in [0.29, 0.717) is 12.2 Å². The number of aromatic nitrogens is 2. The Kier molecular flexibility index (Phi) is 6.46. The number of amides is 1. The molecule has 152 valence electrons. The fourth-order valence-corrected chi connectivity index (χ4v) is 3.87. The van der Waals surface area contributed by atoms with Crippen molar-refractivity contribution in [3.63, 3.8) is 0 Å². The van der Waals surface area contributed by atoms with E-state index in [1.165, 1.54) is 35.5 Å². The second-order valence-corrected chi connectivity index (χ2v) is 7.52. The number of methoxy groups -OCH3 is 1. The molecule has 0 radical (unpaired) electrons. The highest BCUT2D eigenvalue weighted by Gasteiger charge is 2.39. The van der Waals surface area contributed by atoms with Crippen LogP contribution in [-0.4, -0.2) is 52.9 Å². The molecule has 1 aromatic carbocycles. The zero-order valence-electron chi connectivity index (χ0n) is 16.9. The average Bonchev–Trinajstić information content (AvgIpc) is 3.25. The lowest BCUT2D eigenvalue weighted by Crippen LogP contribution is -2.51. The molecule has 3 rings (SSSR count). The Balaban J connectivity index is 1.70. The molecule has 6 nitrogen and oxygen atoms in total. The molecule has 1 amide bonds. The number of hydrogen-bond donors (Lipinski definition) is 1. The molecule has 0 spiro atoms. The summed E-state index contributed by atoms with van der Waals surface area (Å²) < 4.78 is 20.4. The van der Waals surface area contributed by atoms with Crippen LogP contribution in [0.2, 0.25) is 0 Å². The first kappa shape index (κ1) is 20.5. The summed E-state index contributed by atoms with van der Waals surface area (Å²) in [6, 6.07) is 5.66. The van der Waals surface area contributed by atoms with Crippen LogP contribution in [0.25, 0.3) is 0 Å². The van der Waals surface area contributed by atoms with Gasteiger partial charge >= 0.3 is 0 Å². The van der Waals surface area contributed by atoms with Gasteiger partial charge in [0.1, 0.15) is 5.82 Å². The zero-order chi connectivity index (χ0) is 20.1. The van der Waals surface area contributed by atoms with E-state index in [0.717, 1.165) is 39.0 Å². The third kappa shape index (κ3) is 4.59. The van der Waals surface area contributed by atoms with Crippen LogP contribution < -0.4 is 5.32 Å². The van der Waals surface area contributed by atoms with Crippen molar-refractivity contribution in [3.8, 4) is 0 Å². The molecule has 1 aliphatic rings. The molecular weight excluding hydrogens is 359 g/mol. The molecule has 1 atom stereocenters. The van der Waals surface area contributed by atoms with Gasteiger partial charge in [-0.2, -0.15) is 5.10 Å². The smallest absolute Gasteiger partial charge is 0.251 e. The number of nitrogens with one attached hydrogen (secondary N) is 1. The van der Waals surface area contributed by atoms with Crippen LogP contribution in [0.3, 0.4) is 0 Å². The quantitative estimate of drug-likeness (QED) is 0.756. The van der Waals surface area contributed by atoms with E-state index in [2.05, 4.69) is 29.2 Å². The van der Waals surface area contributed by atoms with Gasteiger partial charge < -0.3 is 10.1 Å². The fraction of sp³-hybridized carbons (Fsp3) is 0.524. The SMILES string of the molecule is CCn1ncc(CN2CCC(CCOC)(NC(=O)c3ccc(F)cc3)C2)c1C.